The van der Waals surface area contributed by atoms with Crippen LogP contribution in [-0.4, -0.2) is 23.8 Å². The van der Waals surface area contributed by atoms with Crippen molar-refractivity contribution < 1.29 is 19.4 Å². The number of aromatic hydroxyl groups is 1. The standard InChI is InChI=1S/C16H14O4/c17-14-7-4-8-15-13(14)9-12(10-19-15)20-16(18)11-5-2-1-3-6-11/h1-8,12,17H,9-10H2. The van der Waals surface area contributed by atoms with E-state index in [0.717, 1.165) is 0 Å². The number of hydrogen-bond donors (Lipinski definition) is 1. The number of esters is 1. The maximum Gasteiger partial charge on any atom is 0.338 e. The van der Waals surface area contributed by atoms with Gasteiger partial charge in [-0.15, -0.1) is 0 Å². The highest BCUT2D eigenvalue weighted by Crippen LogP contribution is 2.32. The van der Waals surface area contributed by atoms with Gasteiger partial charge in [-0.3, -0.25) is 0 Å². The number of ether oxygens (including phenoxy) is 2. The van der Waals surface area contributed by atoms with Crippen LogP contribution in [0.3, 0.4) is 0 Å². The van der Waals surface area contributed by atoms with Gasteiger partial charge in [0.1, 0.15) is 24.2 Å². The number of rotatable bonds is 2. The Morgan fingerprint density at radius 2 is 1.95 bits per heavy atom. The first-order chi connectivity index (χ1) is 9.74. The Hall–Kier alpha value is -2.49. The predicted molar refractivity (Wildman–Crippen MR) is 73.0 cm³/mol. The SMILES string of the molecule is O=C(OC1COc2cccc(O)c2C1)c1ccccc1. The normalized spacial score (nSPS) is 16.9. The summed E-state index contributed by atoms with van der Waals surface area (Å²) in [5.41, 5.74) is 1.19. The predicted octanol–water partition coefficient (Wildman–Crippen LogP) is 2.55. The molecule has 20 heavy (non-hydrogen) atoms. The van der Waals surface area contributed by atoms with Crippen molar-refractivity contribution in [2.24, 2.45) is 0 Å². The van der Waals surface area contributed by atoms with Gasteiger partial charge in [0.2, 0.25) is 0 Å². The van der Waals surface area contributed by atoms with E-state index in [1.54, 1.807) is 42.5 Å². The Balaban J connectivity index is 1.72. The number of carbonyl (C=O) groups is 1. The molecule has 0 aliphatic carbocycles. The lowest BCUT2D eigenvalue weighted by Gasteiger charge is -2.25. The van der Waals surface area contributed by atoms with Crippen molar-refractivity contribution in [3.63, 3.8) is 0 Å². The van der Waals surface area contributed by atoms with Crippen molar-refractivity contribution in [3.8, 4) is 11.5 Å². The molecule has 0 spiro atoms. The summed E-state index contributed by atoms with van der Waals surface area (Å²) < 4.78 is 10.9. The minimum atomic E-state index is -0.386. The van der Waals surface area contributed by atoms with Crippen LogP contribution in [0.5, 0.6) is 11.5 Å². The second-order valence-electron chi connectivity index (χ2n) is 4.66. The Morgan fingerprint density at radius 3 is 2.75 bits per heavy atom. The molecule has 0 aromatic heterocycles. The van der Waals surface area contributed by atoms with Crippen LogP contribution in [-0.2, 0) is 11.2 Å². The summed E-state index contributed by atoms with van der Waals surface area (Å²) in [7, 11) is 0. The van der Waals surface area contributed by atoms with E-state index in [9.17, 15) is 9.90 Å². The number of hydrogen-bond acceptors (Lipinski definition) is 4. The molecule has 1 N–H and O–H groups in total. The largest absolute Gasteiger partial charge is 0.508 e. The van der Waals surface area contributed by atoms with Gasteiger partial charge < -0.3 is 14.6 Å². The molecule has 2 aromatic rings. The van der Waals surface area contributed by atoms with E-state index in [0.29, 0.717) is 29.9 Å². The first-order valence-electron chi connectivity index (χ1n) is 6.44. The van der Waals surface area contributed by atoms with Crippen molar-refractivity contribution >= 4 is 5.97 Å². The first kappa shape index (κ1) is 12.5. The van der Waals surface area contributed by atoms with Crippen LogP contribution in [0.25, 0.3) is 0 Å². The van der Waals surface area contributed by atoms with E-state index in [4.69, 9.17) is 9.47 Å². The van der Waals surface area contributed by atoms with Crippen molar-refractivity contribution in [2.75, 3.05) is 6.61 Å². The van der Waals surface area contributed by atoms with E-state index in [1.165, 1.54) is 0 Å². The molecule has 4 heteroatoms. The molecule has 4 nitrogen and oxygen atoms in total. The van der Waals surface area contributed by atoms with Gasteiger partial charge in [0.05, 0.1) is 5.56 Å². The molecule has 0 saturated carbocycles. The molecule has 1 aliphatic rings. The summed E-state index contributed by atoms with van der Waals surface area (Å²) >= 11 is 0. The minimum Gasteiger partial charge on any atom is -0.508 e. The fraction of sp³-hybridized carbons (Fsp3) is 0.188. The molecule has 0 bridgehead atoms. The Bertz CT molecular complexity index is 622. The third-order valence-corrected chi connectivity index (χ3v) is 3.25. The van der Waals surface area contributed by atoms with E-state index < -0.39 is 0 Å². The molecular weight excluding hydrogens is 256 g/mol. The molecule has 0 amide bonds. The average molecular weight is 270 g/mol. The Kier molecular flexibility index (Phi) is 3.29. The maximum atomic E-state index is 12.0. The van der Waals surface area contributed by atoms with Gasteiger partial charge in [-0.1, -0.05) is 24.3 Å². The van der Waals surface area contributed by atoms with E-state index in [-0.39, 0.29) is 17.8 Å². The Morgan fingerprint density at radius 1 is 1.15 bits per heavy atom. The number of phenols is 1. The van der Waals surface area contributed by atoms with Gasteiger partial charge in [-0.2, -0.15) is 0 Å². The highest BCUT2D eigenvalue weighted by atomic mass is 16.6. The zero-order valence-electron chi connectivity index (χ0n) is 10.8. The third kappa shape index (κ3) is 2.45. The summed E-state index contributed by atoms with van der Waals surface area (Å²) in [6.07, 6.45) is 0.0733. The second-order valence-corrected chi connectivity index (χ2v) is 4.66. The number of benzene rings is 2. The van der Waals surface area contributed by atoms with Gasteiger partial charge in [0, 0.05) is 12.0 Å². The van der Waals surface area contributed by atoms with Crippen LogP contribution in [0, 0.1) is 0 Å². The number of carbonyl (C=O) groups excluding carboxylic acids is 1. The molecular formula is C16H14O4. The molecule has 1 heterocycles. The number of phenolic OH excluding ortho intramolecular Hbond substituents is 1. The zero-order valence-corrected chi connectivity index (χ0v) is 10.8. The molecule has 3 rings (SSSR count). The van der Waals surface area contributed by atoms with Crippen LogP contribution in [0.1, 0.15) is 15.9 Å². The molecule has 0 saturated heterocycles. The topological polar surface area (TPSA) is 55.8 Å². The number of fused-ring (bicyclic) bond motifs is 1. The van der Waals surface area contributed by atoms with E-state index >= 15 is 0 Å². The lowest BCUT2D eigenvalue weighted by molar-refractivity contribution is 0.0129. The molecule has 0 fully saturated rings. The van der Waals surface area contributed by atoms with Gasteiger partial charge in [-0.05, 0) is 24.3 Å². The van der Waals surface area contributed by atoms with Crippen molar-refractivity contribution in [2.45, 2.75) is 12.5 Å². The average Bonchev–Trinajstić information content (AvgIpc) is 2.49. The quantitative estimate of drug-likeness (QED) is 0.852. The van der Waals surface area contributed by atoms with Crippen LogP contribution in [0.2, 0.25) is 0 Å². The van der Waals surface area contributed by atoms with Crippen molar-refractivity contribution in [1.29, 1.82) is 0 Å². The van der Waals surface area contributed by atoms with Gasteiger partial charge in [0.15, 0.2) is 0 Å². The lowest BCUT2D eigenvalue weighted by atomic mass is 10.0. The molecule has 1 aliphatic heterocycles. The molecule has 2 aromatic carbocycles. The zero-order chi connectivity index (χ0) is 13.9. The van der Waals surface area contributed by atoms with Crippen LogP contribution < -0.4 is 4.74 Å². The molecule has 1 unspecified atom stereocenters. The van der Waals surface area contributed by atoms with Gasteiger partial charge in [-0.25, -0.2) is 4.79 Å². The smallest absolute Gasteiger partial charge is 0.338 e. The summed E-state index contributed by atoms with van der Waals surface area (Å²) in [6.45, 7) is 0.301. The third-order valence-electron chi connectivity index (χ3n) is 3.25. The first-order valence-corrected chi connectivity index (χ1v) is 6.44. The van der Waals surface area contributed by atoms with Crippen LogP contribution in [0.4, 0.5) is 0 Å². The van der Waals surface area contributed by atoms with Gasteiger partial charge >= 0.3 is 5.97 Å². The van der Waals surface area contributed by atoms with Gasteiger partial charge in [0.25, 0.3) is 0 Å². The van der Waals surface area contributed by atoms with Crippen LogP contribution >= 0.6 is 0 Å². The monoisotopic (exact) mass is 270 g/mol. The van der Waals surface area contributed by atoms with Crippen LogP contribution in [0.15, 0.2) is 48.5 Å². The molecule has 102 valence electrons. The summed E-state index contributed by atoms with van der Waals surface area (Å²) in [5.74, 6) is 0.443. The fourth-order valence-corrected chi connectivity index (χ4v) is 2.23. The fourth-order valence-electron chi connectivity index (χ4n) is 2.23. The van der Waals surface area contributed by atoms with Crippen molar-refractivity contribution in [1.82, 2.24) is 0 Å². The second kappa shape index (κ2) is 5.25. The van der Waals surface area contributed by atoms with E-state index in [1.807, 2.05) is 6.07 Å². The maximum absolute atomic E-state index is 12.0. The highest BCUT2D eigenvalue weighted by Gasteiger charge is 2.25. The summed E-state index contributed by atoms with van der Waals surface area (Å²) in [5, 5.41) is 9.80. The lowest BCUT2D eigenvalue weighted by Crippen LogP contribution is -2.31. The Labute approximate surface area is 116 Å². The minimum absolute atomic E-state index is 0.169. The summed E-state index contributed by atoms with van der Waals surface area (Å²) in [4.78, 5) is 12.0. The van der Waals surface area contributed by atoms with Crippen molar-refractivity contribution in [3.05, 3.63) is 59.7 Å². The molecule has 1 atom stereocenters. The van der Waals surface area contributed by atoms with E-state index in [2.05, 4.69) is 0 Å². The summed E-state index contributed by atoms with van der Waals surface area (Å²) in [6, 6.07) is 14.0. The molecule has 0 radical (unpaired) electrons. The highest BCUT2D eigenvalue weighted by molar-refractivity contribution is 5.89.